The molecule has 0 unspecified atom stereocenters. The van der Waals surface area contributed by atoms with Crippen molar-refractivity contribution in [3.05, 3.63) is 81.6 Å². The van der Waals surface area contributed by atoms with Crippen molar-refractivity contribution in [2.45, 2.75) is 31.6 Å². The third kappa shape index (κ3) is 3.79. The molecule has 2 aromatic carbocycles. The average molecular weight is 389 g/mol. The molecule has 0 aromatic heterocycles. The van der Waals surface area contributed by atoms with E-state index in [1.165, 1.54) is 5.56 Å². The molecule has 0 N–H and O–H groups in total. The number of allylic oxidation sites excluding steroid dienone is 2. The zero-order chi connectivity index (χ0) is 18.3. The normalized spacial score (nSPS) is 22.3. The molecule has 0 atom stereocenters. The van der Waals surface area contributed by atoms with Gasteiger partial charge in [0.2, 0.25) is 0 Å². The van der Waals surface area contributed by atoms with Gasteiger partial charge in [-0.05, 0) is 60.8 Å². The molecule has 2 aromatic rings. The van der Waals surface area contributed by atoms with Gasteiger partial charge in [0.15, 0.2) is 11.6 Å². The minimum absolute atomic E-state index is 0. The molecule has 2 aliphatic rings. The Kier molecular flexibility index (Phi) is 6.27. The Bertz CT molecular complexity index is 909. The number of rotatable bonds is 2. The van der Waals surface area contributed by atoms with Crippen LogP contribution >= 0.6 is 11.6 Å². The summed E-state index contributed by atoms with van der Waals surface area (Å²) in [5, 5.41) is 13.3. The third-order valence-electron chi connectivity index (χ3n) is 5.59. The summed E-state index contributed by atoms with van der Waals surface area (Å²) in [6.45, 7) is 0. The van der Waals surface area contributed by atoms with Crippen LogP contribution in [0.4, 0.5) is 0 Å². The minimum atomic E-state index is -0.608. The van der Waals surface area contributed by atoms with Gasteiger partial charge in [0.05, 0.1) is 0 Å². The molecule has 0 heterocycles. The van der Waals surface area contributed by atoms with Gasteiger partial charge >= 0.3 is 29.6 Å². The number of halogens is 1. The average Bonchev–Trinajstić information content (AvgIpc) is 2.68. The van der Waals surface area contributed by atoms with Crippen molar-refractivity contribution in [2.75, 3.05) is 0 Å². The van der Waals surface area contributed by atoms with Crippen LogP contribution in [0.2, 0.25) is 5.02 Å². The molecular weight excluding hydrogens is 371 g/mol. The fraction of sp³-hybridized carbons (Fsp3) is 0.273. The molecule has 1 saturated carbocycles. The number of ketones is 2. The summed E-state index contributed by atoms with van der Waals surface area (Å²) >= 11 is 5.95. The molecule has 2 aliphatic carbocycles. The van der Waals surface area contributed by atoms with E-state index >= 15 is 0 Å². The summed E-state index contributed by atoms with van der Waals surface area (Å²) in [5.41, 5.74) is 2.04. The Balaban J connectivity index is 0.00000210. The summed E-state index contributed by atoms with van der Waals surface area (Å²) in [7, 11) is 0. The number of benzene rings is 2. The quantitative estimate of drug-likeness (QED) is 0.729. The molecule has 132 valence electrons. The number of fused-ring (bicyclic) bond motifs is 1. The largest absolute Gasteiger partial charge is 1.00 e. The fourth-order valence-corrected chi connectivity index (χ4v) is 4.32. The van der Waals surface area contributed by atoms with Gasteiger partial charge in [0, 0.05) is 16.1 Å². The first kappa shape index (κ1) is 20.3. The van der Waals surface area contributed by atoms with Gasteiger partial charge in [-0.2, -0.15) is 0 Å². The first-order chi connectivity index (χ1) is 12.6. The molecule has 0 spiro atoms. The number of carbonyl (C=O) groups excluding carboxylic acids is 2. The van der Waals surface area contributed by atoms with E-state index < -0.39 is 11.5 Å². The van der Waals surface area contributed by atoms with Crippen molar-refractivity contribution in [3.63, 3.8) is 0 Å². The second-order valence-electron chi connectivity index (χ2n) is 7.05. The van der Waals surface area contributed by atoms with Crippen LogP contribution < -0.4 is 34.7 Å². The second kappa shape index (κ2) is 8.32. The molecular formula is C22H18ClNaO3. The van der Waals surface area contributed by atoms with Crippen LogP contribution in [0.15, 0.2) is 59.9 Å². The number of Topliss-reactive ketones (excluding diaryl/α,β-unsaturated/α-hetero) is 2. The minimum Gasteiger partial charge on any atom is -0.870 e. The van der Waals surface area contributed by atoms with Gasteiger partial charge in [0.25, 0.3) is 0 Å². The van der Waals surface area contributed by atoms with Gasteiger partial charge in [-0.3, -0.25) is 9.59 Å². The van der Waals surface area contributed by atoms with E-state index in [9.17, 15) is 14.7 Å². The second-order valence-corrected chi connectivity index (χ2v) is 7.48. The van der Waals surface area contributed by atoms with Crippen LogP contribution in [-0.2, 0) is 0 Å². The van der Waals surface area contributed by atoms with Crippen molar-refractivity contribution in [2.24, 2.45) is 5.92 Å². The Hall–Kier alpha value is -1.39. The summed E-state index contributed by atoms with van der Waals surface area (Å²) < 4.78 is 0. The maximum absolute atomic E-state index is 12.8. The van der Waals surface area contributed by atoms with E-state index in [0.717, 1.165) is 25.7 Å². The summed E-state index contributed by atoms with van der Waals surface area (Å²) in [6, 6.07) is 14.5. The van der Waals surface area contributed by atoms with Gasteiger partial charge in [-0.15, -0.1) is 0 Å². The molecule has 1 fully saturated rings. The maximum Gasteiger partial charge on any atom is 1.00 e. The fourth-order valence-electron chi connectivity index (χ4n) is 4.19. The van der Waals surface area contributed by atoms with Crippen molar-refractivity contribution in [3.8, 4) is 0 Å². The molecule has 5 heteroatoms. The van der Waals surface area contributed by atoms with Crippen LogP contribution in [0.5, 0.6) is 0 Å². The molecule has 0 amide bonds. The number of hydrogen-bond donors (Lipinski definition) is 0. The van der Waals surface area contributed by atoms with E-state index in [1.807, 2.05) is 24.3 Å². The third-order valence-corrected chi connectivity index (χ3v) is 5.84. The van der Waals surface area contributed by atoms with Gasteiger partial charge in [-0.1, -0.05) is 53.8 Å². The monoisotopic (exact) mass is 388 g/mol. The van der Waals surface area contributed by atoms with Crippen LogP contribution in [-0.4, -0.2) is 11.6 Å². The van der Waals surface area contributed by atoms with Crippen LogP contribution in [0, 0.1) is 5.92 Å². The Labute approximate surface area is 185 Å². The van der Waals surface area contributed by atoms with Gasteiger partial charge in [0.1, 0.15) is 0 Å². The van der Waals surface area contributed by atoms with Crippen molar-refractivity contribution in [1.82, 2.24) is 0 Å². The Morgan fingerprint density at radius 3 is 1.89 bits per heavy atom. The van der Waals surface area contributed by atoms with E-state index in [4.69, 9.17) is 11.6 Å². The Morgan fingerprint density at radius 2 is 1.30 bits per heavy atom. The molecule has 3 nitrogen and oxygen atoms in total. The van der Waals surface area contributed by atoms with Gasteiger partial charge in [-0.25, -0.2) is 0 Å². The summed E-state index contributed by atoms with van der Waals surface area (Å²) in [6.07, 6.45) is 3.28. The Morgan fingerprint density at radius 1 is 0.778 bits per heavy atom. The number of hydrogen-bond acceptors (Lipinski definition) is 3. The zero-order valence-electron chi connectivity index (χ0n) is 15.2. The van der Waals surface area contributed by atoms with Crippen LogP contribution in [0.25, 0.3) is 0 Å². The topological polar surface area (TPSA) is 57.2 Å². The maximum atomic E-state index is 12.8. The van der Waals surface area contributed by atoms with Crippen molar-refractivity contribution >= 4 is 23.2 Å². The molecule has 0 saturated heterocycles. The van der Waals surface area contributed by atoms with Crippen LogP contribution in [0.3, 0.4) is 0 Å². The first-order valence-electron chi connectivity index (χ1n) is 8.91. The molecule has 0 radical (unpaired) electrons. The van der Waals surface area contributed by atoms with E-state index in [2.05, 4.69) is 0 Å². The summed E-state index contributed by atoms with van der Waals surface area (Å²) in [5.74, 6) is -1.14. The van der Waals surface area contributed by atoms with Crippen LogP contribution in [0.1, 0.15) is 57.9 Å². The van der Waals surface area contributed by atoms with E-state index in [-0.39, 0.29) is 52.4 Å². The van der Waals surface area contributed by atoms with E-state index in [0.29, 0.717) is 16.5 Å². The summed E-state index contributed by atoms with van der Waals surface area (Å²) in [4.78, 5) is 25.2. The molecule has 27 heavy (non-hydrogen) atoms. The first-order valence-corrected chi connectivity index (χ1v) is 9.29. The smallest absolute Gasteiger partial charge is 0.870 e. The molecule has 0 bridgehead atoms. The molecule has 0 aliphatic heterocycles. The predicted octanol–water partition coefficient (Wildman–Crippen LogP) is 1.31. The SMILES string of the molecule is O=C1C([O-])=C(C2CCC(c3ccc(Cl)cc3)CC2)C(=O)c2ccccc21.[Na+]. The number of carbonyl (C=O) groups is 2. The van der Waals surface area contributed by atoms with Gasteiger partial charge < -0.3 is 5.11 Å². The van der Waals surface area contributed by atoms with Crippen molar-refractivity contribution < 1.29 is 44.3 Å². The standard InChI is InChI=1S/C22H19ClO3.Na/c23-16-11-9-14(10-12-16)13-5-7-15(8-6-13)19-20(24)17-3-1-2-4-18(17)21(25)22(19)26;/h1-4,9-13,15,26H,5-8H2;/q;+1/p-1. The zero-order valence-corrected chi connectivity index (χ0v) is 18.0. The predicted molar refractivity (Wildman–Crippen MR) is 98.3 cm³/mol. The van der Waals surface area contributed by atoms with Crippen molar-refractivity contribution in [1.29, 1.82) is 0 Å². The molecule has 4 rings (SSSR count). The van der Waals surface area contributed by atoms with E-state index in [1.54, 1.807) is 24.3 Å².